The lowest BCUT2D eigenvalue weighted by Gasteiger charge is -2.02. The molecule has 1 N–H and O–H groups in total. The van der Waals surface area contributed by atoms with Crippen molar-refractivity contribution in [1.29, 1.82) is 0 Å². The van der Waals surface area contributed by atoms with E-state index in [1.165, 1.54) is 0 Å². The maximum atomic E-state index is 5.96. The number of nitrogens with one attached hydrogen (secondary N) is 1. The number of imidazole rings is 1. The highest BCUT2D eigenvalue weighted by molar-refractivity contribution is 6.31. The molecule has 0 saturated carbocycles. The van der Waals surface area contributed by atoms with Crippen LogP contribution in [0.2, 0.25) is 10.0 Å². The molecule has 3 aromatic rings. The van der Waals surface area contributed by atoms with Gasteiger partial charge in [-0.1, -0.05) is 23.2 Å². The zero-order chi connectivity index (χ0) is 12.7. The van der Waals surface area contributed by atoms with E-state index in [0.717, 1.165) is 33.0 Å². The number of aromatic amines is 1. The number of fused-ring (bicyclic) bond motifs is 1. The van der Waals surface area contributed by atoms with Gasteiger partial charge in [-0.3, -0.25) is 0 Å². The van der Waals surface area contributed by atoms with Crippen molar-refractivity contribution in [3.8, 4) is 11.4 Å². The van der Waals surface area contributed by atoms with Crippen molar-refractivity contribution in [2.45, 2.75) is 6.92 Å². The summed E-state index contributed by atoms with van der Waals surface area (Å²) in [6, 6.07) is 11.4. The first-order valence-corrected chi connectivity index (χ1v) is 6.31. The molecule has 0 bridgehead atoms. The topological polar surface area (TPSA) is 28.7 Å². The van der Waals surface area contributed by atoms with Gasteiger partial charge in [0.1, 0.15) is 5.82 Å². The number of aromatic nitrogens is 2. The van der Waals surface area contributed by atoms with Crippen molar-refractivity contribution in [2.24, 2.45) is 0 Å². The highest BCUT2D eigenvalue weighted by Gasteiger charge is 2.08. The molecule has 0 amide bonds. The van der Waals surface area contributed by atoms with Crippen LogP contribution < -0.4 is 0 Å². The molecule has 0 radical (unpaired) electrons. The molecule has 0 fully saturated rings. The number of nitrogens with zero attached hydrogens (tertiary/aromatic N) is 1. The third-order valence-electron chi connectivity index (χ3n) is 2.89. The van der Waals surface area contributed by atoms with Gasteiger partial charge in [0, 0.05) is 15.6 Å². The second-order valence-corrected chi connectivity index (χ2v) is 5.08. The minimum Gasteiger partial charge on any atom is -0.338 e. The lowest BCUT2D eigenvalue weighted by Crippen LogP contribution is -1.84. The van der Waals surface area contributed by atoms with E-state index in [1.807, 2.05) is 43.3 Å². The molecule has 90 valence electrons. The van der Waals surface area contributed by atoms with Gasteiger partial charge in [-0.15, -0.1) is 0 Å². The van der Waals surface area contributed by atoms with Gasteiger partial charge >= 0.3 is 0 Å². The number of hydrogen-bond acceptors (Lipinski definition) is 1. The molecule has 3 rings (SSSR count). The van der Waals surface area contributed by atoms with Gasteiger partial charge < -0.3 is 4.98 Å². The molecule has 0 spiro atoms. The molecule has 2 nitrogen and oxygen atoms in total. The molecule has 0 aliphatic carbocycles. The molecule has 2 aromatic carbocycles. The van der Waals surface area contributed by atoms with Crippen LogP contribution in [0.4, 0.5) is 0 Å². The number of H-pyrrole nitrogens is 1. The van der Waals surface area contributed by atoms with Crippen molar-refractivity contribution in [2.75, 3.05) is 0 Å². The van der Waals surface area contributed by atoms with Crippen LogP contribution in [0.3, 0.4) is 0 Å². The van der Waals surface area contributed by atoms with Crippen LogP contribution in [0.15, 0.2) is 36.4 Å². The van der Waals surface area contributed by atoms with E-state index in [9.17, 15) is 0 Å². The molecular weight excluding hydrogens is 267 g/mol. The Kier molecular flexibility index (Phi) is 2.77. The molecular formula is C14H10Cl2N2. The molecule has 18 heavy (non-hydrogen) atoms. The highest BCUT2D eigenvalue weighted by atomic mass is 35.5. The molecule has 4 heteroatoms. The third-order valence-corrected chi connectivity index (χ3v) is 3.36. The first kappa shape index (κ1) is 11.6. The second-order valence-electron chi connectivity index (χ2n) is 4.21. The standard InChI is InChI=1S/C14H10Cl2N2/c1-8-6-9(15)2-4-11(8)14-17-12-5-3-10(16)7-13(12)18-14/h2-7H,1H3,(H,17,18). The van der Waals surface area contributed by atoms with E-state index in [1.54, 1.807) is 0 Å². The number of halogens is 2. The number of rotatable bonds is 1. The van der Waals surface area contributed by atoms with Crippen molar-refractivity contribution in [1.82, 2.24) is 9.97 Å². The molecule has 0 saturated heterocycles. The van der Waals surface area contributed by atoms with Gasteiger partial charge in [0.25, 0.3) is 0 Å². The van der Waals surface area contributed by atoms with Crippen LogP contribution in [0.25, 0.3) is 22.4 Å². The normalized spacial score (nSPS) is 11.1. The predicted octanol–water partition coefficient (Wildman–Crippen LogP) is 4.85. The molecule has 0 atom stereocenters. The van der Waals surface area contributed by atoms with Gasteiger partial charge in [-0.2, -0.15) is 0 Å². The van der Waals surface area contributed by atoms with Crippen LogP contribution in [0, 0.1) is 6.92 Å². The molecule has 1 heterocycles. The Morgan fingerprint density at radius 3 is 2.50 bits per heavy atom. The quantitative estimate of drug-likeness (QED) is 0.677. The van der Waals surface area contributed by atoms with Crippen LogP contribution >= 0.6 is 23.2 Å². The number of hydrogen-bond donors (Lipinski definition) is 1. The first-order valence-electron chi connectivity index (χ1n) is 5.55. The average Bonchev–Trinajstić information content (AvgIpc) is 2.71. The van der Waals surface area contributed by atoms with Gasteiger partial charge in [0.05, 0.1) is 11.0 Å². The Morgan fingerprint density at radius 2 is 1.72 bits per heavy atom. The fourth-order valence-electron chi connectivity index (χ4n) is 2.00. The Hall–Kier alpha value is -1.51. The van der Waals surface area contributed by atoms with E-state index >= 15 is 0 Å². The zero-order valence-corrected chi connectivity index (χ0v) is 11.2. The van der Waals surface area contributed by atoms with E-state index in [4.69, 9.17) is 23.2 Å². The summed E-state index contributed by atoms with van der Waals surface area (Å²) in [7, 11) is 0. The second kappa shape index (κ2) is 4.30. The van der Waals surface area contributed by atoms with Gasteiger partial charge in [-0.25, -0.2) is 4.98 Å². The van der Waals surface area contributed by atoms with Crippen molar-refractivity contribution < 1.29 is 0 Å². The Morgan fingerprint density at radius 1 is 1.00 bits per heavy atom. The fourth-order valence-corrected chi connectivity index (χ4v) is 2.40. The van der Waals surface area contributed by atoms with E-state index < -0.39 is 0 Å². The van der Waals surface area contributed by atoms with Crippen LogP contribution in [0.1, 0.15) is 5.56 Å². The van der Waals surface area contributed by atoms with E-state index in [-0.39, 0.29) is 0 Å². The van der Waals surface area contributed by atoms with Gasteiger partial charge in [0.2, 0.25) is 0 Å². The average molecular weight is 277 g/mol. The summed E-state index contributed by atoms with van der Waals surface area (Å²) in [6.45, 7) is 2.02. The largest absolute Gasteiger partial charge is 0.338 e. The van der Waals surface area contributed by atoms with Crippen molar-refractivity contribution in [3.63, 3.8) is 0 Å². The summed E-state index contributed by atoms with van der Waals surface area (Å²) in [4.78, 5) is 7.83. The lowest BCUT2D eigenvalue weighted by molar-refractivity contribution is 1.31. The van der Waals surface area contributed by atoms with Crippen molar-refractivity contribution >= 4 is 34.2 Å². The molecule has 0 aliphatic rings. The Labute approximate surface area is 115 Å². The molecule has 1 aromatic heterocycles. The SMILES string of the molecule is Cc1cc(Cl)ccc1-c1nc2ccc(Cl)cc2[nH]1. The Bertz CT molecular complexity index is 732. The fraction of sp³-hybridized carbons (Fsp3) is 0.0714. The van der Waals surface area contributed by atoms with E-state index in [2.05, 4.69) is 9.97 Å². The molecule has 0 aliphatic heterocycles. The lowest BCUT2D eigenvalue weighted by atomic mass is 10.1. The summed E-state index contributed by atoms with van der Waals surface area (Å²) < 4.78 is 0. The van der Waals surface area contributed by atoms with Gasteiger partial charge in [0.15, 0.2) is 0 Å². The van der Waals surface area contributed by atoms with Gasteiger partial charge in [-0.05, 0) is 48.9 Å². The smallest absolute Gasteiger partial charge is 0.138 e. The summed E-state index contributed by atoms with van der Waals surface area (Å²) in [6.07, 6.45) is 0. The monoisotopic (exact) mass is 276 g/mol. The van der Waals surface area contributed by atoms with Crippen LogP contribution in [-0.4, -0.2) is 9.97 Å². The van der Waals surface area contributed by atoms with Crippen LogP contribution in [0.5, 0.6) is 0 Å². The van der Waals surface area contributed by atoms with E-state index in [0.29, 0.717) is 5.02 Å². The third kappa shape index (κ3) is 1.98. The predicted molar refractivity (Wildman–Crippen MR) is 76.3 cm³/mol. The summed E-state index contributed by atoms with van der Waals surface area (Å²) in [5.41, 5.74) is 3.98. The minimum atomic E-state index is 0.700. The number of aryl methyl sites for hydroxylation is 1. The molecule has 0 unspecified atom stereocenters. The highest BCUT2D eigenvalue weighted by Crippen LogP contribution is 2.26. The minimum absolute atomic E-state index is 0.700. The Balaban J connectivity index is 2.19. The summed E-state index contributed by atoms with van der Waals surface area (Å²) in [5, 5.41) is 1.43. The zero-order valence-electron chi connectivity index (χ0n) is 9.67. The summed E-state index contributed by atoms with van der Waals surface area (Å²) in [5.74, 6) is 0.835. The number of benzene rings is 2. The maximum Gasteiger partial charge on any atom is 0.138 e. The van der Waals surface area contributed by atoms with Crippen molar-refractivity contribution in [3.05, 3.63) is 52.0 Å². The maximum absolute atomic E-state index is 5.96. The van der Waals surface area contributed by atoms with Crippen LogP contribution in [-0.2, 0) is 0 Å². The first-order chi connectivity index (χ1) is 8.63. The summed E-state index contributed by atoms with van der Waals surface area (Å²) >= 11 is 11.9.